The minimum atomic E-state index is 0.666. The highest BCUT2D eigenvalue weighted by Crippen LogP contribution is 2.36. The van der Waals surface area contributed by atoms with E-state index in [2.05, 4.69) is 36.2 Å². The van der Waals surface area contributed by atoms with Crippen molar-refractivity contribution in [1.82, 2.24) is 10.2 Å². The third-order valence-electron chi connectivity index (χ3n) is 5.51. The third-order valence-corrected chi connectivity index (χ3v) is 5.51. The second kappa shape index (κ2) is 10.8. The molecule has 1 aromatic rings. The zero-order chi connectivity index (χ0) is 16.3. The van der Waals surface area contributed by atoms with Crippen LogP contribution in [0.4, 0.5) is 0 Å². The van der Waals surface area contributed by atoms with Crippen LogP contribution in [0.3, 0.4) is 0 Å². The normalized spacial score (nSPS) is 21.5. The summed E-state index contributed by atoms with van der Waals surface area (Å²) in [6.07, 6.45) is 17.5. The van der Waals surface area contributed by atoms with E-state index in [-0.39, 0.29) is 0 Å². The highest BCUT2D eigenvalue weighted by molar-refractivity contribution is 5.12. The van der Waals surface area contributed by atoms with Crippen molar-refractivity contribution in [3.8, 4) is 0 Å². The summed E-state index contributed by atoms with van der Waals surface area (Å²) in [5.74, 6) is 1.64. The van der Waals surface area contributed by atoms with Gasteiger partial charge in [-0.3, -0.25) is 0 Å². The molecule has 130 valence electrons. The zero-order valence-corrected chi connectivity index (χ0v) is 15.4. The molecular weight excluding hydrogens is 280 g/mol. The predicted octanol–water partition coefficient (Wildman–Crippen LogP) is 6.45. The highest BCUT2D eigenvalue weighted by atomic mass is 15.1. The van der Waals surface area contributed by atoms with Crippen molar-refractivity contribution < 1.29 is 0 Å². The molecule has 1 fully saturated rings. The van der Waals surface area contributed by atoms with Gasteiger partial charge in [-0.15, -0.1) is 0 Å². The van der Waals surface area contributed by atoms with E-state index >= 15 is 0 Å². The average Bonchev–Trinajstić information content (AvgIpc) is 2.61. The molecular formula is C21H36N2. The van der Waals surface area contributed by atoms with Crippen LogP contribution in [0.5, 0.6) is 0 Å². The van der Waals surface area contributed by atoms with Crippen molar-refractivity contribution >= 4 is 0 Å². The van der Waals surface area contributed by atoms with Crippen LogP contribution < -0.4 is 0 Å². The summed E-state index contributed by atoms with van der Waals surface area (Å²) in [6.45, 7) is 4.52. The van der Waals surface area contributed by atoms with E-state index < -0.39 is 0 Å². The summed E-state index contributed by atoms with van der Waals surface area (Å²) in [5.41, 5.74) is 2.41. The first kappa shape index (κ1) is 18.4. The van der Waals surface area contributed by atoms with E-state index in [1.54, 1.807) is 0 Å². The van der Waals surface area contributed by atoms with Gasteiger partial charge < -0.3 is 0 Å². The van der Waals surface area contributed by atoms with Crippen molar-refractivity contribution in [2.24, 2.45) is 5.92 Å². The maximum absolute atomic E-state index is 4.53. The summed E-state index contributed by atoms with van der Waals surface area (Å²) >= 11 is 0. The Morgan fingerprint density at radius 3 is 2.22 bits per heavy atom. The lowest BCUT2D eigenvalue weighted by atomic mass is 9.78. The molecule has 0 saturated heterocycles. The van der Waals surface area contributed by atoms with Crippen LogP contribution in [-0.4, -0.2) is 10.2 Å². The lowest BCUT2D eigenvalue weighted by Crippen LogP contribution is -2.15. The summed E-state index contributed by atoms with van der Waals surface area (Å²) in [6, 6.07) is 4.45. The van der Waals surface area contributed by atoms with Crippen molar-refractivity contribution in [1.29, 1.82) is 0 Å². The van der Waals surface area contributed by atoms with E-state index in [9.17, 15) is 0 Å². The van der Waals surface area contributed by atoms with E-state index in [0.29, 0.717) is 5.92 Å². The summed E-state index contributed by atoms with van der Waals surface area (Å²) < 4.78 is 0. The van der Waals surface area contributed by atoms with Gasteiger partial charge in [-0.25, -0.2) is 0 Å². The molecule has 0 N–H and O–H groups in total. The predicted molar refractivity (Wildman–Crippen MR) is 98.7 cm³/mol. The molecule has 0 bridgehead atoms. The quantitative estimate of drug-likeness (QED) is 0.463. The smallest absolute Gasteiger partial charge is 0.0662 e. The maximum Gasteiger partial charge on any atom is 0.0662 e. The van der Waals surface area contributed by atoms with Crippen molar-refractivity contribution in [2.75, 3.05) is 0 Å². The first-order valence-corrected chi connectivity index (χ1v) is 10.2. The number of hydrogen-bond acceptors (Lipinski definition) is 2. The Morgan fingerprint density at radius 1 is 0.826 bits per heavy atom. The Morgan fingerprint density at radius 2 is 1.57 bits per heavy atom. The van der Waals surface area contributed by atoms with E-state index in [4.69, 9.17) is 0 Å². The number of aromatic nitrogens is 2. The molecule has 1 aliphatic carbocycles. The van der Waals surface area contributed by atoms with Crippen molar-refractivity contribution in [3.63, 3.8) is 0 Å². The Kier molecular flexibility index (Phi) is 8.63. The van der Waals surface area contributed by atoms with Crippen LogP contribution in [0.1, 0.15) is 108 Å². The van der Waals surface area contributed by atoms with E-state index in [0.717, 1.165) is 18.0 Å². The Labute approximate surface area is 143 Å². The number of nitrogens with zero attached hydrogens (tertiary/aromatic N) is 2. The van der Waals surface area contributed by atoms with Crippen LogP contribution in [0.2, 0.25) is 0 Å². The molecule has 23 heavy (non-hydrogen) atoms. The minimum absolute atomic E-state index is 0.666. The molecule has 0 unspecified atom stereocenters. The van der Waals surface area contributed by atoms with Gasteiger partial charge in [0.15, 0.2) is 0 Å². The van der Waals surface area contributed by atoms with Gasteiger partial charge in [0.05, 0.1) is 11.4 Å². The van der Waals surface area contributed by atoms with E-state index in [1.807, 2.05) is 0 Å². The minimum Gasteiger partial charge on any atom is -0.155 e. The first-order valence-electron chi connectivity index (χ1n) is 10.2. The molecule has 0 amide bonds. The number of hydrogen-bond donors (Lipinski definition) is 0. The molecule has 0 radical (unpaired) electrons. The van der Waals surface area contributed by atoms with Gasteiger partial charge in [-0.2, -0.15) is 10.2 Å². The lowest BCUT2D eigenvalue weighted by molar-refractivity contribution is 0.298. The number of aryl methyl sites for hydroxylation is 1. The summed E-state index contributed by atoms with van der Waals surface area (Å²) in [4.78, 5) is 0. The topological polar surface area (TPSA) is 25.8 Å². The van der Waals surface area contributed by atoms with Crippen LogP contribution >= 0.6 is 0 Å². The fraction of sp³-hybridized carbons (Fsp3) is 0.810. The maximum atomic E-state index is 4.53. The van der Waals surface area contributed by atoms with Crippen LogP contribution in [0.25, 0.3) is 0 Å². The number of rotatable bonds is 10. The molecule has 0 aliphatic heterocycles. The van der Waals surface area contributed by atoms with Gasteiger partial charge in [-0.05, 0) is 56.6 Å². The fourth-order valence-electron chi connectivity index (χ4n) is 3.86. The summed E-state index contributed by atoms with van der Waals surface area (Å²) in [5, 5.41) is 8.96. The second-order valence-electron chi connectivity index (χ2n) is 7.47. The molecule has 2 rings (SSSR count). The highest BCUT2D eigenvalue weighted by Gasteiger charge is 2.23. The molecule has 0 aromatic carbocycles. The SMILES string of the molecule is CCCCCCC[C@H]1CC[C@H](c2ccc(CCCC)nn2)CC1. The lowest BCUT2D eigenvalue weighted by Gasteiger charge is -2.28. The van der Waals surface area contributed by atoms with Gasteiger partial charge in [-0.1, -0.05) is 58.8 Å². The second-order valence-corrected chi connectivity index (χ2v) is 7.47. The Bertz CT molecular complexity index is 404. The van der Waals surface area contributed by atoms with Crippen LogP contribution in [0.15, 0.2) is 12.1 Å². The first-order chi connectivity index (χ1) is 11.3. The largest absolute Gasteiger partial charge is 0.155 e. The molecule has 1 aromatic heterocycles. The van der Waals surface area contributed by atoms with Gasteiger partial charge in [0.2, 0.25) is 0 Å². The Hall–Kier alpha value is -0.920. The molecule has 1 saturated carbocycles. The van der Waals surface area contributed by atoms with Crippen molar-refractivity contribution in [2.45, 2.75) is 103 Å². The summed E-state index contributed by atoms with van der Waals surface area (Å²) in [7, 11) is 0. The Balaban J connectivity index is 1.67. The molecule has 0 atom stereocenters. The van der Waals surface area contributed by atoms with Crippen LogP contribution in [0, 0.1) is 5.92 Å². The fourth-order valence-corrected chi connectivity index (χ4v) is 3.86. The molecule has 2 nitrogen and oxygen atoms in total. The van der Waals surface area contributed by atoms with Crippen molar-refractivity contribution in [3.05, 3.63) is 23.5 Å². The van der Waals surface area contributed by atoms with Gasteiger partial charge in [0.25, 0.3) is 0 Å². The van der Waals surface area contributed by atoms with Crippen LogP contribution in [-0.2, 0) is 6.42 Å². The molecule has 0 spiro atoms. The standard InChI is InChI=1S/C21H36N2/c1-3-5-7-8-9-10-18-12-14-19(15-13-18)21-17-16-20(22-23-21)11-6-4-2/h16-19H,3-15H2,1-2H3/t18-,19-. The molecule has 1 aliphatic rings. The number of unbranched alkanes of at least 4 members (excludes halogenated alkanes) is 5. The van der Waals surface area contributed by atoms with E-state index in [1.165, 1.54) is 82.7 Å². The monoisotopic (exact) mass is 316 g/mol. The zero-order valence-electron chi connectivity index (χ0n) is 15.4. The molecule has 2 heteroatoms. The van der Waals surface area contributed by atoms with Gasteiger partial charge in [0, 0.05) is 5.92 Å². The molecule has 1 heterocycles. The third kappa shape index (κ3) is 6.61. The average molecular weight is 317 g/mol. The van der Waals surface area contributed by atoms with Gasteiger partial charge in [0.1, 0.15) is 0 Å². The van der Waals surface area contributed by atoms with Gasteiger partial charge >= 0.3 is 0 Å².